The Morgan fingerprint density at radius 3 is 2.14 bits per heavy atom. The molecule has 9 aromatic rings. The van der Waals surface area contributed by atoms with Crippen LogP contribution in [0, 0.1) is 11.3 Å². The molecule has 0 radical (unpaired) electrons. The summed E-state index contributed by atoms with van der Waals surface area (Å²) in [6.45, 7) is 4.62. The number of carbonyl (C=O) groups is 4. The highest BCUT2D eigenvalue weighted by Gasteiger charge is 2.78. The van der Waals surface area contributed by atoms with Crippen LogP contribution >= 0.6 is 34.3 Å². The van der Waals surface area contributed by atoms with Crippen molar-refractivity contribution in [3.8, 4) is 22.8 Å². The van der Waals surface area contributed by atoms with Gasteiger partial charge in [0.05, 0.1) is 35.9 Å². The minimum atomic E-state index is -0.803. The topological polar surface area (TPSA) is 181 Å². The van der Waals surface area contributed by atoms with Crippen LogP contribution in [-0.4, -0.2) is 52.9 Å². The number of phenolic OH excluding ortho intramolecular Hbond substituents is 1. The van der Waals surface area contributed by atoms with Crippen molar-refractivity contribution in [2.75, 3.05) is 35.5 Å². The SMILES string of the molecule is COCc1ccc(NC(=O)c2cccc(-c3csc(NC(=O)C4(C)CC5c6ccccc6C6c7cc(C8C=C(C(=O)Nc9ccc(OC)c(O)c9)C=C(c9csc(NC(=O)C%10%11CC%12c%13ccccc%13C%10c%10cccc%11c%10%12)n9)C8C)ccc7C564)n3)c2)cc1Cl. The number of aromatic nitrogens is 2. The highest BCUT2D eigenvalue weighted by Crippen LogP contribution is 2.82. The van der Waals surface area contributed by atoms with Crippen LogP contribution in [0.5, 0.6) is 11.5 Å². The van der Waals surface area contributed by atoms with Crippen LogP contribution in [0.1, 0.15) is 134 Å². The average Bonchev–Trinajstić information content (AvgIpc) is 1.39. The van der Waals surface area contributed by atoms with Crippen molar-refractivity contribution in [3.63, 3.8) is 0 Å². The third-order valence-electron chi connectivity index (χ3n) is 20.5. The molecule has 1 saturated carbocycles. The van der Waals surface area contributed by atoms with E-state index in [-0.39, 0.29) is 70.6 Å². The van der Waals surface area contributed by atoms with Gasteiger partial charge in [-0.15, -0.1) is 22.7 Å². The molecule has 4 amide bonds. The summed E-state index contributed by atoms with van der Waals surface area (Å²) in [6, 6.07) is 47.6. The predicted octanol–water partition coefficient (Wildman–Crippen LogP) is 14.8. The van der Waals surface area contributed by atoms with Crippen LogP contribution in [-0.2, 0) is 36.6 Å². The second kappa shape index (κ2) is 20.0. The van der Waals surface area contributed by atoms with Gasteiger partial charge in [0, 0.05) is 86.1 Å². The molecule has 5 N–H and O–H groups in total. The Balaban J connectivity index is 0.687. The quantitative estimate of drug-likeness (QED) is 0.0708. The summed E-state index contributed by atoms with van der Waals surface area (Å²) in [4.78, 5) is 68.2. The van der Waals surface area contributed by atoms with Crippen LogP contribution in [0.15, 0.2) is 174 Å². The Hall–Kier alpha value is -8.99. The molecule has 2 heterocycles. The van der Waals surface area contributed by atoms with E-state index in [1.165, 1.54) is 69.2 Å². The van der Waals surface area contributed by atoms with Crippen molar-refractivity contribution < 1.29 is 33.8 Å². The van der Waals surface area contributed by atoms with Crippen molar-refractivity contribution in [1.29, 1.82) is 0 Å². The second-order valence-corrected chi connectivity index (χ2v) is 26.7. The van der Waals surface area contributed by atoms with Crippen LogP contribution in [0.4, 0.5) is 21.6 Å². The molecule has 1 spiro atoms. The van der Waals surface area contributed by atoms with Crippen molar-refractivity contribution in [1.82, 2.24) is 9.97 Å². The fourth-order valence-electron chi connectivity index (χ4n) is 16.7. The second-order valence-electron chi connectivity index (χ2n) is 24.6. The van der Waals surface area contributed by atoms with E-state index in [9.17, 15) is 19.5 Å². The van der Waals surface area contributed by atoms with Gasteiger partial charge in [-0.1, -0.05) is 128 Å². The van der Waals surface area contributed by atoms with Gasteiger partial charge < -0.3 is 35.8 Å². The number of thiazole rings is 2. The third kappa shape index (κ3) is 7.72. The molecule has 2 aromatic heterocycles. The Labute approximate surface area is 520 Å². The normalized spacial score (nSPS) is 24.7. The molecule has 88 heavy (non-hydrogen) atoms. The number of rotatable bonds is 14. The molecule has 5 bridgehead atoms. The number of allylic oxidation sites excluding steroid dienone is 2. The molecule has 13 nitrogen and oxygen atoms in total. The monoisotopic (exact) mass is 1220 g/mol. The Bertz CT molecular complexity index is 4610. The smallest absolute Gasteiger partial charge is 0.255 e. The number of aromatic hydroxyl groups is 1. The molecule has 9 unspecified atom stereocenters. The van der Waals surface area contributed by atoms with Crippen molar-refractivity contribution >= 4 is 85.1 Å². The van der Waals surface area contributed by atoms with Gasteiger partial charge in [-0.05, 0) is 141 Å². The summed E-state index contributed by atoms with van der Waals surface area (Å²) in [5.74, 6) is -0.902. The maximum Gasteiger partial charge on any atom is 0.255 e. The molecular formula is C72H57ClN6O7S2. The summed E-state index contributed by atoms with van der Waals surface area (Å²) in [7, 11) is 3.08. The summed E-state index contributed by atoms with van der Waals surface area (Å²) in [5, 5.41) is 28.5. The van der Waals surface area contributed by atoms with E-state index in [4.69, 9.17) is 31.0 Å². The summed E-state index contributed by atoms with van der Waals surface area (Å²) in [6.07, 6.45) is 5.31. The number of anilines is 4. The molecule has 0 saturated heterocycles. The molecule has 7 aliphatic carbocycles. The van der Waals surface area contributed by atoms with Crippen LogP contribution in [0.3, 0.4) is 0 Å². The van der Waals surface area contributed by atoms with Crippen LogP contribution in [0.2, 0.25) is 5.02 Å². The zero-order valence-corrected chi connectivity index (χ0v) is 50.6. The molecular weight excluding hydrogens is 1160 g/mol. The number of ether oxygens (including phenoxy) is 2. The Kier molecular flexibility index (Phi) is 12.4. The van der Waals surface area contributed by atoms with Gasteiger partial charge in [0.15, 0.2) is 21.8 Å². The van der Waals surface area contributed by atoms with E-state index >= 15 is 4.79 Å². The van der Waals surface area contributed by atoms with Gasteiger partial charge >= 0.3 is 0 Å². The minimum absolute atomic E-state index is 0.0491. The lowest BCUT2D eigenvalue weighted by molar-refractivity contribution is -0.143. The number of amides is 4. The fraction of sp³-hybridized carbons (Fsp3) is 0.222. The number of nitrogens with one attached hydrogen (secondary N) is 4. The van der Waals surface area contributed by atoms with Gasteiger partial charge in [-0.2, -0.15) is 0 Å². The Morgan fingerprint density at radius 1 is 0.670 bits per heavy atom. The lowest BCUT2D eigenvalue weighted by Gasteiger charge is -2.67. The number of nitrogens with zero attached hydrogens (tertiary/aromatic N) is 2. The first-order chi connectivity index (χ1) is 42.7. The fourth-order valence-corrected chi connectivity index (χ4v) is 18.3. The van der Waals surface area contributed by atoms with E-state index in [1.807, 2.05) is 41.1 Å². The number of benzene rings is 7. The number of carbonyl (C=O) groups excluding carboxylic acids is 4. The van der Waals surface area contributed by atoms with E-state index in [1.54, 1.807) is 43.5 Å². The zero-order chi connectivity index (χ0) is 60.1. The number of hydrogen-bond acceptors (Lipinski definition) is 11. The summed E-state index contributed by atoms with van der Waals surface area (Å²) < 4.78 is 10.5. The molecule has 7 aliphatic rings. The molecule has 1 fully saturated rings. The maximum absolute atomic E-state index is 15.1. The van der Waals surface area contributed by atoms with Gasteiger partial charge in [0.1, 0.15) is 0 Å². The minimum Gasteiger partial charge on any atom is -0.504 e. The van der Waals surface area contributed by atoms with Gasteiger partial charge in [0.2, 0.25) is 11.8 Å². The highest BCUT2D eigenvalue weighted by atomic mass is 35.5. The standard InChI is InChI=1S/C72H57ClN6O7S2/c1-36-49(27-41(65(82)75-43-22-24-60(86-4)59(80)30-43)28-50(36)58-35-88-69(77-58)79-67(84)71-31-52-44-13-5-7-15-46(44)62(71)48-17-10-18-54(71)61(48)52)37-20-23-53-51(26-37)63-47-16-8-6-14-45(47)55-32-70(2,72(53,55)63)66(83)78-68-76-57(34-87-68)38-11-9-12-39(25-38)64(81)74-42-21-19-40(33-85-3)56(73)29-42/h5-30,34-36,49,52,55,62-63,80H,31-33H2,1-4H3,(H,74,81)(H,75,82)(H,76,78,83)(H,77,79,84). The van der Waals surface area contributed by atoms with E-state index in [0.29, 0.717) is 62.2 Å². The molecule has 436 valence electrons. The van der Waals surface area contributed by atoms with Crippen molar-refractivity contribution in [3.05, 3.63) is 252 Å². The van der Waals surface area contributed by atoms with Crippen molar-refractivity contribution in [2.45, 2.75) is 73.7 Å². The van der Waals surface area contributed by atoms with Gasteiger partial charge in [-0.25, -0.2) is 9.97 Å². The molecule has 9 atom stereocenters. The number of halogens is 1. The molecule has 7 aromatic carbocycles. The highest BCUT2D eigenvalue weighted by molar-refractivity contribution is 7.14. The first-order valence-electron chi connectivity index (χ1n) is 29.5. The summed E-state index contributed by atoms with van der Waals surface area (Å²) >= 11 is 9.18. The third-order valence-corrected chi connectivity index (χ3v) is 22.4. The van der Waals surface area contributed by atoms with E-state index in [0.717, 1.165) is 45.4 Å². The van der Waals surface area contributed by atoms with Crippen LogP contribution in [0.25, 0.3) is 16.8 Å². The molecule has 16 heteroatoms. The van der Waals surface area contributed by atoms with Crippen LogP contribution < -0.4 is 26.0 Å². The first-order valence-corrected chi connectivity index (χ1v) is 31.7. The average molecular weight is 1220 g/mol. The van der Waals surface area contributed by atoms with Crippen molar-refractivity contribution in [2.24, 2.45) is 11.3 Å². The number of methoxy groups -OCH3 is 2. The zero-order valence-electron chi connectivity index (χ0n) is 48.2. The van der Waals surface area contributed by atoms with E-state index in [2.05, 4.69) is 120 Å². The predicted molar refractivity (Wildman–Crippen MR) is 343 cm³/mol. The lowest BCUT2D eigenvalue weighted by atomic mass is 9.34. The molecule has 0 aliphatic heterocycles. The Morgan fingerprint density at radius 2 is 1.36 bits per heavy atom. The first kappa shape index (κ1) is 54.4. The number of fused-ring (bicyclic) bond motifs is 9. The lowest BCUT2D eigenvalue weighted by Crippen LogP contribution is -2.68. The van der Waals surface area contributed by atoms with Gasteiger partial charge in [-0.3, -0.25) is 19.2 Å². The van der Waals surface area contributed by atoms with E-state index < -0.39 is 16.2 Å². The largest absolute Gasteiger partial charge is 0.504 e. The maximum atomic E-state index is 15.1. The molecule has 16 rings (SSSR count). The number of hydrogen-bond donors (Lipinski definition) is 5. The van der Waals surface area contributed by atoms with Gasteiger partial charge in [0.25, 0.3) is 11.8 Å². The number of phenols is 1. The summed E-state index contributed by atoms with van der Waals surface area (Å²) in [5.41, 5.74) is 15.6.